The summed E-state index contributed by atoms with van der Waals surface area (Å²) in [6, 6.07) is 63.5. The summed E-state index contributed by atoms with van der Waals surface area (Å²) in [7, 11) is 0. The minimum Gasteiger partial charge on any atom is -0.277 e. The molecular weight excluding hydrogens is 597 g/mol. The summed E-state index contributed by atoms with van der Waals surface area (Å²) in [5.74, 6) is 1.84. The minimum absolute atomic E-state index is 0.578. The van der Waals surface area contributed by atoms with Crippen molar-refractivity contribution in [3.05, 3.63) is 182 Å². The number of fused-ring (bicyclic) bond motifs is 3. The molecule has 0 aliphatic heterocycles. The molecule has 0 bridgehead atoms. The van der Waals surface area contributed by atoms with Gasteiger partial charge >= 0.3 is 0 Å². The van der Waals surface area contributed by atoms with Crippen molar-refractivity contribution in [2.45, 2.75) is 0 Å². The quantitative estimate of drug-likeness (QED) is 0.184. The zero-order chi connectivity index (χ0) is 32.6. The van der Waals surface area contributed by atoms with Crippen molar-refractivity contribution in [2.75, 3.05) is 0 Å². The third-order valence-electron chi connectivity index (χ3n) is 9.04. The predicted molar refractivity (Wildman–Crippen MR) is 201 cm³/mol. The van der Waals surface area contributed by atoms with Gasteiger partial charge in [0.25, 0.3) is 0 Å². The van der Waals surface area contributed by atoms with Crippen LogP contribution in [0.5, 0.6) is 0 Å². The highest BCUT2D eigenvalue weighted by Gasteiger charge is 2.21. The van der Waals surface area contributed by atoms with Gasteiger partial charge in [-0.3, -0.25) is 4.57 Å². The molecule has 0 unspecified atom stereocenters. The van der Waals surface area contributed by atoms with Crippen molar-refractivity contribution in [3.8, 4) is 62.1 Å². The monoisotopic (exact) mass is 626 g/mol. The summed E-state index contributed by atoms with van der Waals surface area (Å²) in [5.41, 5.74) is 10.9. The van der Waals surface area contributed by atoms with Gasteiger partial charge in [0.2, 0.25) is 5.95 Å². The highest BCUT2D eigenvalue weighted by molar-refractivity contribution is 6.13. The average Bonchev–Trinajstić information content (AvgIpc) is 3.54. The first-order valence-corrected chi connectivity index (χ1v) is 16.5. The van der Waals surface area contributed by atoms with Crippen molar-refractivity contribution in [3.63, 3.8) is 0 Å². The van der Waals surface area contributed by atoms with Crippen LogP contribution >= 0.6 is 0 Å². The maximum absolute atomic E-state index is 5.18. The molecule has 0 saturated heterocycles. The van der Waals surface area contributed by atoms with Gasteiger partial charge < -0.3 is 0 Å². The Morgan fingerprint density at radius 3 is 1.33 bits per heavy atom. The summed E-state index contributed by atoms with van der Waals surface area (Å²) >= 11 is 0. The number of rotatable bonds is 6. The number of hydrogen-bond acceptors (Lipinski definition) is 3. The predicted octanol–water partition coefficient (Wildman–Crippen LogP) is 11.3. The molecule has 0 N–H and O–H groups in total. The molecule has 0 spiro atoms. The summed E-state index contributed by atoms with van der Waals surface area (Å²) in [5, 5.41) is 2.28. The van der Waals surface area contributed by atoms with Crippen molar-refractivity contribution in [1.82, 2.24) is 19.5 Å². The summed E-state index contributed by atoms with van der Waals surface area (Å²) in [6.45, 7) is 0. The van der Waals surface area contributed by atoms with Crippen LogP contribution in [0.3, 0.4) is 0 Å². The summed E-state index contributed by atoms with van der Waals surface area (Å²) in [6.07, 6.45) is 0. The van der Waals surface area contributed by atoms with Crippen LogP contribution in [0.4, 0.5) is 0 Å². The van der Waals surface area contributed by atoms with E-state index >= 15 is 0 Å². The van der Waals surface area contributed by atoms with E-state index in [4.69, 9.17) is 15.0 Å². The third-order valence-corrected chi connectivity index (χ3v) is 9.04. The van der Waals surface area contributed by atoms with Crippen molar-refractivity contribution < 1.29 is 0 Å². The Morgan fingerprint density at radius 1 is 0.327 bits per heavy atom. The Balaban J connectivity index is 1.36. The summed E-state index contributed by atoms with van der Waals surface area (Å²) < 4.78 is 2.22. The third kappa shape index (κ3) is 5.26. The number of para-hydroxylation sites is 2. The fraction of sp³-hybridized carbons (Fsp3) is 0. The molecule has 2 aromatic heterocycles. The molecule has 7 aromatic carbocycles. The van der Waals surface area contributed by atoms with E-state index in [1.54, 1.807) is 0 Å². The molecule has 9 rings (SSSR count). The van der Waals surface area contributed by atoms with E-state index in [1.807, 2.05) is 60.7 Å². The highest BCUT2D eigenvalue weighted by atomic mass is 15.2. The lowest BCUT2D eigenvalue weighted by molar-refractivity contribution is 0.954. The molecule has 0 saturated carbocycles. The highest BCUT2D eigenvalue weighted by Crippen LogP contribution is 2.40. The van der Waals surface area contributed by atoms with Gasteiger partial charge in [-0.05, 0) is 52.1 Å². The van der Waals surface area contributed by atoms with Crippen LogP contribution in [-0.2, 0) is 0 Å². The normalized spacial score (nSPS) is 11.3. The van der Waals surface area contributed by atoms with Crippen LogP contribution in [0, 0.1) is 0 Å². The van der Waals surface area contributed by atoms with Gasteiger partial charge in [0, 0.05) is 27.5 Å². The van der Waals surface area contributed by atoms with Crippen LogP contribution in [0.25, 0.3) is 83.9 Å². The first-order chi connectivity index (χ1) is 24.3. The molecule has 0 aliphatic rings. The fourth-order valence-electron chi connectivity index (χ4n) is 6.73. The largest absolute Gasteiger partial charge is 0.277 e. The van der Waals surface area contributed by atoms with Crippen LogP contribution in [-0.4, -0.2) is 19.5 Å². The van der Waals surface area contributed by atoms with Gasteiger partial charge in [0.15, 0.2) is 11.6 Å². The van der Waals surface area contributed by atoms with E-state index in [-0.39, 0.29) is 0 Å². The van der Waals surface area contributed by atoms with Crippen LogP contribution < -0.4 is 0 Å². The second-order valence-corrected chi connectivity index (χ2v) is 12.1. The van der Waals surface area contributed by atoms with Crippen LogP contribution in [0.15, 0.2) is 182 Å². The number of benzene rings is 7. The SMILES string of the molecule is c1ccc(-c2cc(-c3ccccc3)cc(-c3cccc4c5ccccc5n(-c5nc(-c6ccccc6)nc(-c6ccccc6)n5)c34)c2)cc1. The smallest absolute Gasteiger partial charge is 0.238 e. The molecule has 0 fully saturated rings. The lowest BCUT2D eigenvalue weighted by atomic mass is 9.92. The number of nitrogens with zero attached hydrogens (tertiary/aromatic N) is 4. The van der Waals surface area contributed by atoms with E-state index in [0.717, 1.165) is 55.2 Å². The molecular formula is C45H30N4. The van der Waals surface area contributed by atoms with E-state index < -0.39 is 0 Å². The molecule has 230 valence electrons. The number of hydrogen-bond donors (Lipinski definition) is 0. The Morgan fingerprint density at radius 2 is 0.776 bits per heavy atom. The fourth-order valence-corrected chi connectivity index (χ4v) is 6.73. The number of aromatic nitrogens is 4. The Bertz CT molecular complexity index is 2460. The van der Waals surface area contributed by atoms with Gasteiger partial charge in [-0.25, -0.2) is 4.98 Å². The molecule has 2 heterocycles. The first kappa shape index (κ1) is 28.6. The molecule has 0 amide bonds. The van der Waals surface area contributed by atoms with Gasteiger partial charge in [-0.2, -0.15) is 9.97 Å². The lowest BCUT2D eigenvalue weighted by Crippen LogP contribution is -2.07. The Kier molecular flexibility index (Phi) is 7.10. The average molecular weight is 627 g/mol. The molecule has 4 heteroatoms. The lowest BCUT2D eigenvalue weighted by Gasteiger charge is -2.15. The second kappa shape index (κ2) is 12.2. The first-order valence-electron chi connectivity index (χ1n) is 16.5. The topological polar surface area (TPSA) is 43.6 Å². The molecule has 9 aromatic rings. The van der Waals surface area contributed by atoms with E-state index in [2.05, 4.69) is 126 Å². The van der Waals surface area contributed by atoms with E-state index in [0.29, 0.717) is 17.6 Å². The maximum Gasteiger partial charge on any atom is 0.238 e. The minimum atomic E-state index is 0.578. The zero-order valence-electron chi connectivity index (χ0n) is 26.6. The maximum atomic E-state index is 5.18. The standard InChI is InChI=1S/C45H30N4/c1-5-16-31(17-6-1)35-28-36(32-18-7-2-8-19-32)30-37(29-35)38-25-15-26-40-39-24-13-14-27-41(39)49(42(38)40)45-47-43(33-20-9-3-10-21-33)46-44(48-45)34-22-11-4-12-23-34/h1-30H. The Labute approximate surface area is 284 Å². The molecule has 0 radical (unpaired) electrons. The van der Waals surface area contributed by atoms with Crippen molar-refractivity contribution in [2.24, 2.45) is 0 Å². The van der Waals surface area contributed by atoms with E-state index in [9.17, 15) is 0 Å². The summed E-state index contributed by atoms with van der Waals surface area (Å²) in [4.78, 5) is 15.3. The molecule has 0 aliphatic carbocycles. The van der Waals surface area contributed by atoms with E-state index in [1.165, 1.54) is 11.1 Å². The molecule has 4 nitrogen and oxygen atoms in total. The molecule has 49 heavy (non-hydrogen) atoms. The Hall–Kier alpha value is -6.65. The van der Waals surface area contributed by atoms with Crippen molar-refractivity contribution in [1.29, 1.82) is 0 Å². The van der Waals surface area contributed by atoms with Gasteiger partial charge in [0.05, 0.1) is 11.0 Å². The zero-order valence-corrected chi connectivity index (χ0v) is 26.6. The van der Waals surface area contributed by atoms with Crippen molar-refractivity contribution >= 4 is 21.8 Å². The van der Waals surface area contributed by atoms with Crippen LogP contribution in [0.2, 0.25) is 0 Å². The second-order valence-electron chi connectivity index (χ2n) is 12.1. The van der Waals surface area contributed by atoms with Crippen LogP contribution in [0.1, 0.15) is 0 Å². The van der Waals surface area contributed by atoms with Gasteiger partial charge in [-0.1, -0.05) is 158 Å². The van der Waals surface area contributed by atoms with Gasteiger partial charge in [0.1, 0.15) is 0 Å². The molecule has 0 atom stereocenters. The van der Waals surface area contributed by atoms with Gasteiger partial charge in [-0.15, -0.1) is 0 Å².